The van der Waals surface area contributed by atoms with Crippen molar-refractivity contribution in [2.75, 3.05) is 0 Å². The second kappa shape index (κ2) is 6.19. The van der Waals surface area contributed by atoms with E-state index in [1.807, 2.05) is 27.7 Å². The number of nitrogens with one attached hydrogen (secondary N) is 2. The van der Waals surface area contributed by atoms with E-state index in [-0.39, 0.29) is 17.2 Å². The van der Waals surface area contributed by atoms with Crippen LogP contribution in [0.25, 0.3) is 0 Å². The number of rotatable bonds is 7. The molecule has 0 aliphatic rings. The van der Waals surface area contributed by atoms with Crippen molar-refractivity contribution in [3.63, 3.8) is 0 Å². The third kappa shape index (κ3) is 4.30. The van der Waals surface area contributed by atoms with Crippen molar-refractivity contribution in [3.8, 4) is 0 Å². The van der Waals surface area contributed by atoms with Crippen molar-refractivity contribution in [1.82, 2.24) is 20.5 Å². The molecule has 0 spiro atoms. The average Bonchev–Trinajstić information content (AvgIpc) is 2.68. The van der Waals surface area contributed by atoms with Gasteiger partial charge in [0.2, 0.25) is 5.91 Å². The van der Waals surface area contributed by atoms with E-state index in [1.54, 1.807) is 11.8 Å². The maximum absolute atomic E-state index is 11.6. The van der Waals surface area contributed by atoms with Gasteiger partial charge in [-0.05, 0) is 27.2 Å². The van der Waals surface area contributed by atoms with E-state index in [2.05, 4.69) is 20.5 Å². The van der Waals surface area contributed by atoms with Gasteiger partial charge >= 0.3 is 0 Å². The van der Waals surface area contributed by atoms with Gasteiger partial charge in [-0.1, -0.05) is 18.7 Å². The number of carbonyl (C=O) groups is 1. The molecule has 2 unspecified atom stereocenters. The Morgan fingerprint density at radius 2 is 2.28 bits per heavy atom. The van der Waals surface area contributed by atoms with E-state index in [9.17, 15) is 4.79 Å². The number of hydrogen-bond acceptors (Lipinski definition) is 5. The van der Waals surface area contributed by atoms with Crippen LogP contribution in [0.15, 0.2) is 11.5 Å². The highest BCUT2D eigenvalue weighted by atomic mass is 32.2. The minimum atomic E-state index is -0.708. The first-order valence-electron chi connectivity index (χ1n) is 5.93. The Bertz CT molecular complexity index is 381. The third-order valence-corrected chi connectivity index (χ3v) is 3.54. The molecule has 0 saturated carbocycles. The van der Waals surface area contributed by atoms with Crippen molar-refractivity contribution in [3.05, 3.63) is 6.33 Å². The summed E-state index contributed by atoms with van der Waals surface area (Å²) >= 11 is 1.54. The Balaban J connectivity index is 2.63. The van der Waals surface area contributed by atoms with Crippen molar-refractivity contribution in [1.29, 1.82) is 0 Å². The van der Waals surface area contributed by atoms with Crippen molar-refractivity contribution in [2.24, 2.45) is 5.73 Å². The summed E-state index contributed by atoms with van der Waals surface area (Å²) in [7, 11) is 0. The summed E-state index contributed by atoms with van der Waals surface area (Å²) < 4.78 is 0. The summed E-state index contributed by atoms with van der Waals surface area (Å²) in [5.74, 6) is -0.332. The van der Waals surface area contributed by atoms with Crippen molar-refractivity contribution >= 4 is 17.7 Å². The zero-order valence-electron chi connectivity index (χ0n) is 11.2. The number of primary amides is 1. The number of nitrogens with two attached hydrogens (primary N) is 1. The highest BCUT2D eigenvalue weighted by Crippen LogP contribution is 2.26. The molecule has 1 amide bonds. The summed E-state index contributed by atoms with van der Waals surface area (Å²) in [6, 6.07) is 0.199. The van der Waals surface area contributed by atoms with Crippen LogP contribution in [0.3, 0.4) is 0 Å². The van der Waals surface area contributed by atoms with Gasteiger partial charge < -0.3 is 11.1 Å². The highest BCUT2D eigenvalue weighted by Gasteiger charge is 2.33. The molecule has 4 N–H and O–H groups in total. The molecule has 0 radical (unpaired) electrons. The Kier molecular flexibility index (Phi) is 5.15. The lowest BCUT2D eigenvalue weighted by atomic mass is 9.94. The molecular weight excluding hydrogens is 250 g/mol. The van der Waals surface area contributed by atoms with E-state index < -0.39 is 5.54 Å². The molecule has 102 valence electrons. The topological polar surface area (TPSA) is 96.7 Å². The van der Waals surface area contributed by atoms with Crippen LogP contribution in [0.5, 0.6) is 0 Å². The lowest BCUT2D eigenvalue weighted by molar-refractivity contribution is -0.124. The predicted octanol–water partition coefficient (Wildman–Crippen LogP) is 0.917. The van der Waals surface area contributed by atoms with Crippen LogP contribution in [-0.2, 0) is 4.79 Å². The summed E-state index contributed by atoms with van der Waals surface area (Å²) in [4.78, 5) is 15.7. The Labute approximate surface area is 112 Å². The molecule has 1 rings (SSSR count). The Morgan fingerprint density at radius 1 is 1.61 bits per heavy atom. The normalized spacial score (nSPS) is 16.5. The Hall–Kier alpha value is -1.08. The van der Waals surface area contributed by atoms with Gasteiger partial charge in [0.15, 0.2) is 5.16 Å². The number of H-pyrrole nitrogens is 1. The van der Waals surface area contributed by atoms with Gasteiger partial charge in [-0.15, -0.1) is 0 Å². The average molecular weight is 271 g/mol. The third-order valence-electron chi connectivity index (χ3n) is 2.55. The minimum absolute atomic E-state index is 0.196. The van der Waals surface area contributed by atoms with Crippen LogP contribution < -0.4 is 11.1 Å². The van der Waals surface area contributed by atoms with E-state index in [0.717, 1.165) is 5.16 Å². The Morgan fingerprint density at radius 3 is 2.72 bits per heavy atom. The van der Waals surface area contributed by atoms with Gasteiger partial charge in [0.1, 0.15) is 6.33 Å². The lowest BCUT2D eigenvalue weighted by Crippen LogP contribution is -2.56. The summed E-state index contributed by atoms with van der Waals surface area (Å²) in [5.41, 5.74) is 4.79. The molecule has 0 aliphatic heterocycles. The van der Waals surface area contributed by atoms with Gasteiger partial charge in [0, 0.05) is 11.3 Å². The van der Waals surface area contributed by atoms with Crippen molar-refractivity contribution < 1.29 is 4.79 Å². The molecule has 6 nitrogen and oxygen atoms in total. The van der Waals surface area contributed by atoms with Crippen LogP contribution in [0.4, 0.5) is 0 Å². The second-order valence-electron chi connectivity index (χ2n) is 4.92. The van der Waals surface area contributed by atoms with Crippen molar-refractivity contribution in [2.45, 2.75) is 56.1 Å². The molecule has 0 aliphatic carbocycles. The molecule has 18 heavy (non-hydrogen) atoms. The fourth-order valence-corrected chi connectivity index (χ4v) is 2.94. The van der Waals surface area contributed by atoms with Crippen LogP contribution in [0.2, 0.25) is 0 Å². The first-order valence-corrected chi connectivity index (χ1v) is 6.81. The lowest BCUT2D eigenvalue weighted by Gasteiger charge is -2.31. The predicted molar refractivity (Wildman–Crippen MR) is 72.2 cm³/mol. The van der Waals surface area contributed by atoms with E-state index in [4.69, 9.17) is 5.73 Å². The van der Waals surface area contributed by atoms with Crippen LogP contribution >= 0.6 is 11.8 Å². The van der Waals surface area contributed by atoms with Gasteiger partial charge in [-0.3, -0.25) is 9.89 Å². The fraction of sp³-hybridized carbons (Fsp3) is 0.727. The molecule has 0 aromatic carbocycles. The van der Waals surface area contributed by atoms with Gasteiger partial charge in [-0.25, -0.2) is 4.98 Å². The fourth-order valence-electron chi connectivity index (χ4n) is 1.93. The molecule has 0 saturated heterocycles. The maximum atomic E-state index is 11.6. The summed E-state index contributed by atoms with van der Waals surface area (Å²) in [6.45, 7) is 7.87. The first-order chi connectivity index (χ1) is 8.33. The summed E-state index contributed by atoms with van der Waals surface area (Å²) in [5, 5.41) is 10.8. The highest BCUT2D eigenvalue weighted by molar-refractivity contribution is 7.99. The van der Waals surface area contributed by atoms with Gasteiger partial charge in [0.05, 0.1) is 5.54 Å². The summed E-state index contributed by atoms with van der Waals surface area (Å²) in [6.07, 6.45) is 2.10. The number of aromatic nitrogens is 3. The quantitative estimate of drug-likeness (QED) is 0.641. The van der Waals surface area contributed by atoms with Gasteiger partial charge in [0.25, 0.3) is 0 Å². The zero-order chi connectivity index (χ0) is 13.8. The molecule has 1 aromatic heterocycles. The molecule has 1 aromatic rings. The second-order valence-corrected chi connectivity index (χ2v) is 6.35. The minimum Gasteiger partial charge on any atom is -0.368 e. The SMILES string of the molecule is CC(C)NC(C)(CC(C)Sc1ncn[nH]1)C(N)=O. The smallest absolute Gasteiger partial charge is 0.237 e. The number of aromatic amines is 1. The molecule has 0 fully saturated rings. The molecule has 7 heteroatoms. The van der Waals surface area contributed by atoms with E-state index in [0.29, 0.717) is 6.42 Å². The monoisotopic (exact) mass is 271 g/mol. The van der Waals surface area contributed by atoms with Crippen LogP contribution in [0.1, 0.15) is 34.1 Å². The molecule has 2 atom stereocenters. The first kappa shape index (κ1) is 15.0. The molecule has 0 bridgehead atoms. The number of amides is 1. The molecule has 1 heterocycles. The number of hydrogen-bond donors (Lipinski definition) is 3. The van der Waals surface area contributed by atoms with E-state index >= 15 is 0 Å². The number of nitrogens with zero attached hydrogens (tertiary/aromatic N) is 2. The largest absolute Gasteiger partial charge is 0.368 e. The van der Waals surface area contributed by atoms with E-state index in [1.165, 1.54) is 6.33 Å². The van der Waals surface area contributed by atoms with Crippen LogP contribution in [0, 0.1) is 0 Å². The number of carbonyl (C=O) groups excluding carboxylic acids is 1. The number of thioether (sulfide) groups is 1. The van der Waals surface area contributed by atoms with Crippen LogP contribution in [-0.4, -0.2) is 37.9 Å². The standard InChI is InChI=1S/C11H21N5OS/c1-7(2)15-11(4,9(12)17)5-8(3)18-10-13-6-14-16-10/h6-8,15H,5H2,1-4H3,(H2,12,17)(H,13,14,16). The zero-order valence-corrected chi connectivity index (χ0v) is 12.0. The molecular formula is C11H21N5OS. The van der Waals surface area contributed by atoms with Gasteiger partial charge in [-0.2, -0.15) is 5.10 Å². The maximum Gasteiger partial charge on any atom is 0.237 e.